The molecule has 2 aromatic carbocycles. The lowest BCUT2D eigenvalue weighted by Crippen LogP contribution is -2.09. The minimum absolute atomic E-state index is 0.0369. The van der Waals surface area contributed by atoms with Gasteiger partial charge in [0, 0.05) is 5.39 Å². The Morgan fingerprint density at radius 1 is 1.11 bits per heavy atom. The molecule has 136 valence electrons. The largest absolute Gasteiger partial charge is 0.516 e. The zero-order chi connectivity index (χ0) is 18.6. The monoisotopic (exact) mass is 363 g/mol. The summed E-state index contributed by atoms with van der Waals surface area (Å²) in [7, 11) is 0. The third-order valence-corrected chi connectivity index (χ3v) is 3.97. The zero-order valence-electron chi connectivity index (χ0n) is 14.7. The molecule has 0 radical (unpaired) electrons. The third kappa shape index (κ3) is 3.52. The van der Waals surface area contributed by atoms with Crippen molar-refractivity contribution in [3.63, 3.8) is 0 Å². The van der Waals surface area contributed by atoms with Gasteiger partial charge in [-0.1, -0.05) is 48.5 Å². The number of hydrogen-bond donors (Lipinski definition) is 0. The van der Waals surface area contributed by atoms with Crippen LogP contribution in [0, 0.1) is 0 Å². The van der Waals surface area contributed by atoms with Crippen molar-refractivity contribution in [1.29, 1.82) is 0 Å². The van der Waals surface area contributed by atoms with Crippen molar-refractivity contribution in [3.05, 3.63) is 66.4 Å². The molecule has 27 heavy (non-hydrogen) atoms. The fourth-order valence-electron chi connectivity index (χ4n) is 2.81. The van der Waals surface area contributed by atoms with Crippen molar-refractivity contribution in [2.45, 2.75) is 13.5 Å². The number of carbonyl (C=O) groups is 1. The van der Waals surface area contributed by atoms with Gasteiger partial charge in [0.2, 0.25) is 0 Å². The molecule has 0 atom stereocenters. The van der Waals surface area contributed by atoms with Crippen LogP contribution in [0.2, 0.25) is 0 Å². The van der Waals surface area contributed by atoms with Crippen LogP contribution in [-0.2, 0) is 11.3 Å². The molecule has 2 aromatic heterocycles. The van der Waals surface area contributed by atoms with Gasteiger partial charge in [0.15, 0.2) is 5.69 Å². The Morgan fingerprint density at radius 2 is 1.89 bits per heavy atom. The summed E-state index contributed by atoms with van der Waals surface area (Å²) >= 11 is 0. The number of oxazole rings is 1. The van der Waals surface area contributed by atoms with Crippen LogP contribution in [-0.4, -0.2) is 27.5 Å². The molecule has 0 aliphatic heterocycles. The maximum atomic E-state index is 11.4. The quantitative estimate of drug-likeness (QED) is 0.493. The molecule has 7 nitrogen and oxygen atoms in total. The van der Waals surface area contributed by atoms with Crippen molar-refractivity contribution in [1.82, 2.24) is 14.8 Å². The van der Waals surface area contributed by atoms with Crippen LogP contribution < -0.4 is 4.74 Å². The van der Waals surface area contributed by atoms with Crippen molar-refractivity contribution in [3.8, 4) is 17.5 Å². The predicted molar refractivity (Wildman–Crippen MR) is 98.4 cm³/mol. The average molecular weight is 363 g/mol. The topological polar surface area (TPSA) is 79.4 Å². The number of fused-ring (bicyclic) bond motifs is 1. The molecule has 2 heterocycles. The SMILES string of the molecule is CCOC(=O)Oc1cnc(-c2nn(Cc3ccccc3)c3ccccc23)o1. The van der Waals surface area contributed by atoms with E-state index in [0.29, 0.717) is 12.2 Å². The molecule has 0 spiro atoms. The van der Waals surface area contributed by atoms with E-state index in [1.165, 1.54) is 6.20 Å². The van der Waals surface area contributed by atoms with Crippen molar-refractivity contribution >= 4 is 17.1 Å². The van der Waals surface area contributed by atoms with Crippen molar-refractivity contribution in [2.75, 3.05) is 6.61 Å². The van der Waals surface area contributed by atoms with E-state index in [1.807, 2.05) is 59.3 Å². The highest BCUT2D eigenvalue weighted by molar-refractivity contribution is 5.91. The Bertz CT molecular complexity index is 1070. The summed E-state index contributed by atoms with van der Waals surface area (Å²) < 4.78 is 17.1. The van der Waals surface area contributed by atoms with Gasteiger partial charge in [-0.2, -0.15) is 5.10 Å². The second-order valence-electron chi connectivity index (χ2n) is 5.78. The molecule has 4 rings (SSSR count). The van der Waals surface area contributed by atoms with E-state index >= 15 is 0 Å². The molecule has 0 aliphatic carbocycles. The lowest BCUT2D eigenvalue weighted by molar-refractivity contribution is 0.0952. The fourth-order valence-corrected chi connectivity index (χ4v) is 2.81. The van der Waals surface area contributed by atoms with Crippen LogP contribution in [0.3, 0.4) is 0 Å². The fraction of sp³-hybridized carbons (Fsp3) is 0.150. The molecule has 0 aliphatic rings. The smallest absolute Gasteiger partial charge is 0.434 e. The minimum Gasteiger partial charge on any atom is -0.434 e. The first-order valence-electron chi connectivity index (χ1n) is 8.55. The van der Waals surface area contributed by atoms with Crippen LogP contribution in [0.15, 0.2) is 65.2 Å². The average Bonchev–Trinajstić information content (AvgIpc) is 3.28. The van der Waals surface area contributed by atoms with E-state index in [4.69, 9.17) is 13.9 Å². The molecule has 7 heteroatoms. The van der Waals surface area contributed by atoms with Gasteiger partial charge in [-0.05, 0) is 18.6 Å². The third-order valence-electron chi connectivity index (χ3n) is 3.97. The van der Waals surface area contributed by atoms with Gasteiger partial charge >= 0.3 is 12.1 Å². The maximum absolute atomic E-state index is 11.4. The number of para-hydroxylation sites is 1. The standard InChI is InChI=1S/C20H17N3O4/c1-2-25-20(24)27-17-12-21-19(26-17)18-15-10-6-7-11-16(15)23(22-18)13-14-8-4-3-5-9-14/h3-12H,2,13H2,1H3. The molecule has 0 N–H and O–H groups in total. The Hall–Kier alpha value is -3.61. The van der Waals surface area contributed by atoms with E-state index < -0.39 is 6.16 Å². The van der Waals surface area contributed by atoms with Crippen LogP contribution in [0.1, 0.15) is 12.5 Å². The number of rotatable bonds is 5. The van der Waals surface area contributed by atoms with Gasteiger partial charge in [-0.3, -0.25) is 4.68 Å². The minimum atomic E-state index is -0.834. The zero-order valence-corrected chi connectivity index (χ0v) is 14.7. The van der Waals surface area contributed by atoms with Crippen LogP contribution >= 0.6 is 0 Å². The molecule has 0 saturated carbocycles. The lowest BCUT2D eigenvalue weighted by atomic mass is 10.2. The van der Waals surface area contributed by atoms with E-state index in [0.717, 1.165) is 16.5 Å². The van der Waals surface area contributed by atoms with Gasteiger partial charge in [0.05, 0.1) is 18.7 Å². The number of nitrogens with zero attached hydrogens (tertiary/aromatic N) is 3. The lowest BCUT2D eigenvalue weighted by Gasteiger charge is -2.03. The second kappa shape index (κ2) is 7.33. The molecular formula is C20H17N3O4. The van der Waals surface area contributed by atoms with E-state index in [1.54, 1.807) is 6.92 Å². The predicted octanol–water partition coefficient (Wildman–Crippen LogP) is 4.27. The van der Waals surface area contributed by atoms with Gasteiger partial charge in [-0.25, -0.2) is 9.78 Å². The molecular weight excluding hydrogens is 346 g/mol. The van der Waals surface area contributed by atoms with Gasteiger partial charge in [0.1, 0.15) is 6.20 Å². The highest BCUT2D eigenvalue weighted by Gasteiger charge is 2.18. The Balaban J connectivity index is 1.68. The molecule has 4 aromatic rings. The van der Waals surface area contributed by atoms with Crippen LogP contribution in [0.25, 0.3) is 22.5 Å². The van der Waals surface area contributed by atoms with Gasteiger partial charge in [-0.15, -0.1) is 0 Å². The summed E-state index contributed by atoms with van der Waals surface area (Å²) in [5.41, 5.74) is 2.68. The number of hydrogen-bond acceptors (Lipinski definition) is 6. The molecule has 0 saturated heterocycles. The molecule has 0 bridgehead atoms. The first kappa shape index (κ1) is 16.8. The number of benzene rings is 2. The normalized spacial score (nSPS) is 10.9. The van der Waals surface area contributed by atoms with E-state index in [2.05, 4.69) is 10.1 Å². The number of carbonyl (C=O) groups excluding carboxylic acids is 1. The van der Waals surface area contributed by atoms with E-state index in [9.17, 15) is 4.79 Å². The molecule has 0 unspecified atom stereocenters. The summed E-state index contributed by atoms with van der Waals surface area (Å²) in [6, 6.07) is 17.9. The molecule has 0 fully saturated rings. The number of ether oxygens (including phenoxy) is 2. The van der Waals surface area contributed by atoms with E-state index in [-0.39, 0.29) is 18.4 Å². The summed E-state index contributed by atoms with van der Waals surface area (Å²) in [6.07, 6.45) is 0.497. The Kier molecular flexibility index (Phi) is 4.57. The van der Waals surface area contributed by atoms with Crippen molar-refractivity contribution in [2.24, 2.45) is 0 Å². The highest BCUT2D eigenvalue weighted by Crippen LogP contribution is 2.30. The van der Waals surface area contributed by atoms with Crippen molar-refractivity contribution < 1.29 is 18.7 Å². The Morgan fingerprint density at radius 3 is 2.70 bits per heavy atom. The highest BCUT2D eigenvalue weighted by atomic mass is 16.8. The molecule has 0 amide bonds. The van der Waals surface area contributed by atoms with Gasteiger partial charge < -0.3 is 13.9 Å². The summed E-state index contributed by atoms with van der Waals surface area (Å²) in [5, 5.41) is 5.57. The van der Waals surface area contributed by atoms with Crippen LogP contribution in [0.5, 0.6) is 5.95 Å². The first-order valence-corrected chi connectivity index (χ1v) is 8.55. The first-order chi connectivity index (χ1) is 13.2. The second-order valence-corrected chi connectivity index (χ2v) is 5.78. The van der Waals surface area contributed by atoms with Crippen LogP contribution in [0.4, 0.5) is 4.79 Å². The number of aromatic nitrogens is 3. The van der Waals surface area contributed by atoms with Gasteiger partial charge in [0.25, 0.3) is 5.89 Å². The maximum Gasteiger partial charge on any atom is 0.516 e. The summed E-state index contributed by atoms with van der Waals surface area (Å²) in [5.74, 6) is 0.238. The summed E-state index contributed by atoms with van der Waals surface area (Å²) in [6.45, 7) is 2.53. The summed E-state index contributed by atoms with van der Waals surface area (Å²) in [4.78, 5) is 15.6. The Labute approximate surface area is 155 Å².